The van der Waals surface area contributed by atoms with Crippen molar-refractivity contribution < 1.29 is 9.15 Å². The molecule has 2 fully saturated rings. The fourth-order valence-electron chi connectivity index (χ4n) is 4.21. The van der Waals surface area contributed by atoms with Crippen LogP contribution in [0.5, 0.6) is 0 Å². The molecule has 4 rings (SSSR count). The first-order valence-corrected chi connectivity index (χ1v) is 9.47. The van der Waals surface area contributed by atoms with Crippen molar-refractivity contribution in [1.29, 1.82) is 0 Å². The van der Waals surface area contributed by atoms with Crippen LogP contribution >= 0.6 is 0 Å². The van der Waals surface area contributed by atoms with E-state index in [0.717, 1.165) is 50.9 Å². The highest BCUT2D eigenvalue weighted by molar-refractivity contribution is 5.15. The third-order valence-electron chi connectivity index (χ3n) is 5.60. The summed E-state index contributed by atoms with van der Waals surface area (Å²) in [6, 6.07) is 5.05. The molecule has 1 atom stereocenters. The molecule has 0 spiro atoms. The highest BCUT2D eigenvalue weighted by Gasteiger charge is 2.25. The van der Waals surface area contributed by atoms with Crippen molar-refractivity contribution in [3.8, 4) is 0 Å². The number of ether oxygens (including phenoxy) is 1. The van der Waals surface area contributed by atoms with Crippen LogP contribution in [0, 0.1) is 13.8 Å². The highest BCUT2D eigenvalue weighted by atomic mass is 16.5. The number of aryl methyl sites for hydroxylation is 2. The van der Waals surface area contributed by atoms with Crippen LogP contribution in [0.25, 0.3) is 0 Å². The molecule has 4 heterocycles. The van der Waals surface area contributed by atoms with Gasteiger partial charge in [0.1, 0.15) is 0 Å². The Balaban J connectivity index is 1.32. The lowest BCUT2D eigenvalue weighted by atomic mass is 10.0. The Kier molecular flexibility index (Phi) is 4.90. The van der Waals surface area contributed by atoms with Crippen LogP contribution in [0.2, 0.25) is 0 Å². The van der Waals surface area contributed by atoms with Crippen LogP contribution in [0.1, 0.15) is 60.8 Å². The lowest BCUT2D eigenvalue weighted by Crippen LogP contribution is -2.34. The van der Waals surface area contributed by atoms with E-state index in [1.165, 1.54) is 24.2 Å². The standard InChI is InChI=1S/C19H28N4O2/c1-14-5-6-15(2)23(14)17-7-9-22(10-8-17)12-18-20-21-19(25-18)16-4-3-11-24-13-16/h5-6,16-17H,3-4,7-13H2,1-2H3. The van der Waals surface area contributed by atoms with Crippen molar-refractivity contribution in [2.45, 2.75) is 58.0 Å². The quantitative estimate of drug-likeness (QED) is 0.852. The maximum Gasteiger partial charge on any atom is 0.230 e. The first-order valence-electron chi connectivity index (χ1n) is 9.47. The van der Waals surface area contributed by atoms with Gasteiger partial charge in [0.2, 0.25) is 11.8 Å². The van der Waals surface area contributed by atoms with E-state index in [1.54, 1.807) is 0 Å². The molecule has 0 radical (unpaired) electrons. The van der Waals surface area contributed by atoms with Gasteiger partial charge in [-0.2, -0.15) is 0 Å². The molecule has 6 nitrogen and oxygen atoms in total. The summed E-state index contributed by atoms with van der Waals surface area (Å²) < 4.78 is 13.9. The summed E-state index contributed by atoms with van der Waals surface area (Å²) in [5.74, 6) is 1.77. The number of likely N-dealkylation sites (tertiary alicyclic amines) is 1. The van der Waals surface area contributed by atoms with Crippen LogP contribution in [-0.4, -0.2) is 46.0 Å². The van der Waals surface area contributed by atoms with Crippen molar-refractivity contribution in [1.82, 2.24) is 19.7 Å². The minimum absolute atomic E-state index is 0.278. The maximum atomic E-state index is 5.91. The molecular weight excluding hydrogens is 316 g/mol. The second-order valence-corrected chi connectivity index (χ2v) is 7.44. The summed E-state index contributed by atoms with van der Waals surface area (Å²) in [5.41, 5.74) is 2.74. The van der Waals surface area contributed by atoms with E-state index in [2.05, 4.69) is 45.6 Å². The molecule has 0 N–H and O–H groups in total. The number of nitrogens with zero attached hydrogens (tertiary/aromatic N) is 4. The monoisotopic (exact) mass is 344 g/mol. The average Bonchev–Trinajstić information content (AvgIpc) is 3.23. The molecule has 6 heteroatoms. The van der Waals surface area contributed by atoms with Crippen LogP contribution in [0.15, 0.2) is 16.5 Å². The third-order valence-corrected chi connectivity index (χ3v) is 5.60. The fraction of sp³-hybridized carbons (Fsp3) is 0.684. The molecular formula is C19H28N4O2. The summed E-state index contributed by atoms with van der Waals surface area (Å²) in [6.45, 7) is 8.88. The molecule has 2 aliphatic rings. The van der Waals surface area contributed by atoms with Gasteiger partial charge >= 0.3 is 0 Å². The Hall–Kier alpha value is -1.66. The number of aromatic nitrogens is 3. The van der Waals surface area contributed by atoms with E-state index < -0.39 is 0 Å². The third kappa shape index (κ3) is 3.65. The largest absolute Gasteiger partial charge is 0.423 e. The van der Waals surface area contributed by atoms with Crippen molar-refractivity contribution in [2.24, 2.45) is 0 Å². The van der Waals surface area contributed by atoms with Crippen LogP contribution in [0.4, 0.5) is 0 Å². The van der Waals surface area contributed by atoms with Gasteiger partial charge in [-0.05, 0) is 51.7 Å². The molecule has 25 heavy (non-hydrogen) atoms. The highest BCUT2D eigenvalue weighted by Crippen LogP contribution is 2.28. The molecule has 0 saturated carbocycles. The predicted octanol–water partition coefficient (Wildman–Crippen LogP) is 3.22. The zero-order valence-electron chi connectivity index (χ0n) is 15.3. The second kappa shape index (κ2) is 7.30. The fourth-order valence-corrected chi connectivity index (χ4v) is 4.21. The van der Waals surface area contributed by atoms with Gasteiger partial charge in [-0.25, -0.2) is 0 Å². The summed E-state index contributed by atoms with van der Waals surface area (Å²) in [5, 5.41) is 8.52. The molecule has 136 valence electrons. The summed E-state index contributed by atoms with van der Waals surface area (Å²) in [6.07, 6.45) is 4.51. The number of hydrogen-bond acceptors (Lipinski definition) is 5. The van der Waals surface area contributed by atoms with Gasteiger partial charge in [0.25, 0.3) is 0 Å². The van der Waals surface area contributed by atoms with E-state index in [0.29, 0.717) is 12.6 Å². The predicted molar refractivity (Wildman–Crippen MR) is 94.5 cm³/mol. The number of hydrogen-bond donors (Lipinski definition) is 0. The molecule has 2 saturated heterocycles. The lowest BCUT2D eigenvalue weighted by molar-refractivity contribution is 0.0715. The van der Waals surface area contributed by atoms with Crippen molar-refractivity contribution in [3.63, 3.8) is 0 Å². The van der Waals surface area contributed by atoms with Gasteiger partial charge in [0.15, 0.2) is 0 Å². The normalized spacial score (nSPS) is 23.2. The Morgan fingerprint density at radius 3 is 2.52 bits per heavy atom. The molecule has 0 aromatic carbocycles. The SMILES string of the molecule is Cc1ccc(C)n1C1CCN(Cc2nnc(C3CCCOC3)o2)CC1. The van der Waals surface area contributed by atoms with Crippen molar-refractivity contribution in [2.75, 3.05) is 26.3 Å². The van der Waals surface area contributed by atoms with E-state index in [1.807, 2.05) is 0 Å². The first-order chi connectivity index (χ1) is 12.2. The molecule has 2 aliphatic heterocycles. The van der Waals surface area contributed by atoms with E-state index >= 15 is 0 Å². The van der Waals surface area contributed by atoms with Gasteiger partial charge in [-0.15, -0.1) is 10.2 Å². The Morgan fingerprint density at radius 2 is 1.84 bits per heavy atom. The topological polar surface area (TPSA) is 56.3 Å². The second-order valence-electron chi connectivity index (χ2n) is 7.44. The number of rotatable bonds is 4. The minimum Gasteiger partial charge on any atom is -0.423 e. The van der Waals surface area contributed by atoms with Gasteiger partial charge in [-0.3, -0.25) is 4.90 Å². The molecule has 1 unspecified atom stereocenters. The number of piperidine rings is 1. The maximum absolute atomic E-state index is 5.91. The van der Waals surface area contributed by atoms with E-state index in [-0.39, 0.29) is 5.92 Å². The van der Waals surface area contributed by atoms with Crippen molar-refractivity contribution >= 4 is 0 Å². The minimum atomic E-state index is 0.278. The molecule has 0 amide bonds. The molecule has 0 bridgehead atoms. The smallest absolute Gasteiger partial charge is 0.230 e. The summed E-state index contributed by atoms with van der Waals surface area (Å²) in [4.78, 5) is 2.43. The summed E-state index contributed by atoms with van der Waals surface area (Å²) in [7, 11) is 0. The first kappa shape index (κ1) is 16.8. The van der Waals surface area contributed by atoms with E-state index in [4.69, 9.17) is 9.15 Å². The Bertz CT molecular complexity index is 675. The molecule has 2 aromatic rings. The average molecular weight is 344 g/mol. The van der Waals surface area contributed by atoms with Gasteiger partial charge in [0, 0.05) is 37.1 Å². The Morgan fingerprint density at radius 1 is 1.08 bits per heavy atom. The van der Waals surface area contributed by atoms with Gasteiger partial charge in [0.05, 0.1) is 19.1 Å². The zero-order chi connectivity index (χ0) is 17.2. The molecule has 2 aromatic heterocycles. The van der Waals surface area contributed by atoms with Crippen LogP contribution in [-0.2, 0) is 11.3 Å². The van der Waals surface area contributed by atoms with E-state index in [9.17, 15) is 0 Å². The van der Waals surface area contributed by atoms with Crippen LogP contribution in [0.3, 0.4) is 0 Å². The summed E-state index contributed by atoms with van der Waals surface area (Å²) >= 11 is 0. The zero-order valence-corrected chi connectivity index (χ0v) is 15.3. The van der Waals surface area contributed by atoms with Gasteiger partial charge < -0.3 is 13.7 Å². The Labute approximate surface area is 149 Å². The molecule has 0 aliphatic carbocycles. The van der Waals surface area contributed by atoms with Gasteiger partial charge in [-0.1, -0.05) is 0 Å². The van der Waals surface area contributed by atoms with Crippen LogP contribution < -0.4 is 0 Å². The lowest BCUT2D eigenvalue weighted by Gasteiger charge is -2.33. The van der Waals surface area contributed by atoms with Crippen molar-refractivity contribution in [3.05, 3.63) is 35.3 Å².